The van der Waals surface area contributed by atoms with E-state index in [0.717, 1.165) is 28.5 Å². The molecule has 7 nitrogen and oxygen atoms in total. The first-order valence-corrected chi connectivity index (χ1v) is 11.9. The highest BCUT2D eigenvalue weighted by molar-refractivity contribution is 6.23. The second-order valence-corrected chi connectivity index (χ2v) is 9.80. The molecule has 0 N–H and O–H groups in total. The number of fused-ring (bicyclic) bond motifs is 9. The average Bonchev–Trinajstić information content (AvgIpc) is 3.63. The first-order valence-electron chi connectivity index (χ1n) is 11.9. The summed E-state index contributed by atoms with van der Waals surface area (Å²) in [4.78, 5) is 34.7. The van der Waals surface area contributed by atoms with Gasteiger partial charge in [-0.1, -0.05) is 35.5 Å². The Morgan fingerprint density at radius 2 is 1.57 bits per heavy atom. The summed E-state index contributed by atoms with van der Waals surface area (Å²) in [5, 5.41) is 6.52. The average molecular weight is 469 g/mol. The summed E-state index contributed by atoms with van der Waals surface area (Å²) in [6, 6.07) is 19.4. The molecule has 2 aliphatic carbocycles. The Bertz CT molecular complexity index is 1430. The number of amides is 2. The topological polar surface area (TPSA) is 77.4 Å². The highest BCUT2D eigenvalue weighted by Gasteiger charge is 2.70. The number of benzene rings is 3. The van der Waals surface area contributed by atoms with Crippen LogP contribution >= 0.6 is 0 Å². The molecule has 2 heterocycles. The van der Waals surface area contributed by atoms with Crippen LogP contribution in [0.2, 0.25) is 0 Å². The lowest BCUT2D eigenvalue weighted by Gasteiger charge is -2.29. The summed E-state index contributed by atoms with van der Waals surface area (Å²) >= 11 is 0. The van der Waals surface area contributed by atoms with E-state index in [1.807, 2.05) is 60.7 Å². The Balaban J connectivity index is 1.23. The summed E-state index contributed by atoms with van der Waals surface area (Å²) < 4.78 is 10.8. The van der Waals surface area contributed by atoms with E-state index >= 15 is 0 Å². The summed E-state index contributed by atoms with van der Waals surface area (Å²) in [6.07, 6.45) is 0.623. The van der Waals surface area contributed by atoms with Crippen LogP contribution in [0.15, 0.2) is 65.8 Å². The molecule has 2 aliphatic heterocycles. The van der Waals surface area contributed by atoms with E-state index in [1.165, 1.54) is 4.90 Å². The Labute approximate surface area is 202 Å². The van der Waals surface area contributed by atoms with Gasteiger partial charge in [0.2, 0.25) is 11.8 Å². The van der Waals surface area contributed by atoms with Gasteiger partial charge in [-0.15, -0.1) is 0 Å². The van der Waals surface area contributed by atoms with Gasteiger partial charge in [0.25, 0.3) is 0 Å². The number of carbonyl (C=O) groups excluding carboxylic acids is 2. The third-order valence-electron chi connectivity index (χ3n) is 8.36. The van der Waals surface area contributed by atoms with Crippen LogP contribution in [-0.2, 0) is 14.4 Å². The Hall–Kier alpha value is -3.87. The van der Waals surface area contributed by atoms with Gasteiger partial charge in [-0.05, 0) is 53.4 Å². The van der Waals surface area contributed by atoms with Crippen LogP contribution in [0.1, 0.15) is 12.0 Å². The van der Waals surface area contributed by atoms with Gasteiger partial charge in [0, 0.05) is 17.4 Å². The largest absolute Gasteiger partial charge is 0.493 e. The summed E-state index contributed by atoms with van der Waals surface area (Å²) in [6.45, 7) is 0. The lowest BCUT2D eigenvalue weighted by molar-refractivity contribution is -0.125. The van der Waals surface area contributed by atoms with Crippen LogP contribution < -0.4 is 14.4 Å². The van der Waals surface area contributed by atoms with E-state index < -0.39 is 0 Å². The molecule has 3 aromatic carbocycles. The highest BCUT2D eigenvalue weighted by atomic mass is 16.6. The van der Waals surface area contributed by atoms with Gasteiger partial charge in [0.15, 0.2) is 11.5 Å². The zero-order valence-corrected chi connectivity index (χ0v) is 19.4. The summed E-state index contributed by atoms with van der Waals surface area (Å²) in [7, 11) is 3.20. The van der Waals surface area contributed by atoms with Crippen molar-refractivity contribution in [3.8, 4) is 11.5 Å². The molecule has 176 valence electrons. The fraction of sp³-hybridized carbons (Fsp3) is 0.321. The first kappa shape index (κ1) is 20.5. The van der Waals surface area contributed by atoms with E-state index in [4.69, 9.17) is 14.3 Å². The predicted molar refractivity (Wildman–Crippen MR) is 129 cm³/mol. The maximum Gasteiger partial charge on any atom is 0.238 e. The van der Waals surface area contributed by atoms with Crippen LogP contribution in [-0.4, -0.2) is 37.8 Å². The van der Waals surface area contributed by atoms with E-state index in [2.05, 4.69) is 5.16 Å². The fourth-order valence-corrected chi connectivity index (χ4v) is 6.93. The molecule has 1 saturated heterocycles. The van der Waals surface area contributed by atoms with E-state index in [0.29, 0.717) is 17.2 Å². The zero-order valence-electron chi connectivity index (χ0n) is 19.4. The number of carbonyl (C=O) groups is 2. The number of oxime groups is 1. The lowest BCUT2D eigenvalue weighted by Crippen LogP contribution is -2.41. The van der Waals surface area contributed by atoms with Gasteiger partial charge < -0.3 is 14.3 Å². The molecule has 3 aromatic rings. The van der Waals surface area contributed by atoms with Crippen molar-refractivity contribution in [3.05, 3.63) is 66.2 Å². The lowest BCUT2D eigenvalue weighted by atomic mass is 9.71. The van der Waals surface area contributed by atoms with Crippen LogP contribution in [0.25, 0.3) is 10.8 Å². The molecular formula is C28H24N2O5. The Kier molecular flexibility index (Phi) is 4.28. The summed E-state index contributed by atoms with van der Waals surface area (Å²) in [5.74, 6) is 0.350. The number of anilines is 1. The van der Waals surface area contributed by atoms with E-state index in [9.17, 15) is 9.59 Å². The van der Waals surface area contributed by atoms with Gasteiger partial charge in [0.05, 0.1) is 37.5 Å². The number of nitrogens with zero attached hydrogens (tertiary/aromatic N) is 2. The maximum atomic E-state index is 13.7. The molecule has 2 saturated carbocycles. The smallest absolute Gasteiger partial charge is 0.238 e. The maximum absolute atomic E-state index is 13.7. The molecule has 2 bridgehead atoms. The van der Waals surface area contributed by atoms with Gasteiger partial charge in [-0.25, -0.2) is 0 Å². The van der Waals surface area contributed by atoms with Crippen molar-refractivity contribution >= 4 is 34.0 Å². The van der Waals surface area contributed by atoms with Crippen LogP contribution in [0.5, 0.6) is 11.5 Å². The Morgan fingerprint density at radius 1 is 0.829 bits per heavy atom. The molecule has 6 atom stereocenters. The van der Waals surface area contributed by atoms with Gasteiger partial charge in [-0.3, -0.25) is 14.5 Å². The molecule has 2 amide bonds. The van der Waals surface area contributed by atoms with Crippen molar-refractivity contribution in [1.82, 2.24) is 0 Å². The Morgan fingerprint density at radius 3 is 2.34 bits per heavy atom. The third kappa shape index (κ3) is 2.69. The number of hydrogen-bond donors (Lipinski definition) is 0. The van der Waals surface area contributed by atoms with E-state index in [-0.39, 0.29) is 47.5 Å². The number of methoxy groups -OCH3 is 2. The minimum absolute atomic E-state index is 0.0155. The number of ether oxygens (including phenoxy) is 2. The first-order chi connectivity index (χ1) is 17.1. The van der Waals surface area contributed by atoms with Gasteiger partial charge in [0.1, 0.15) is 6.10 Å². The molecular weight excluding hydrogens is 444 g/mol. The van der Waals surface area contributed by atoms with Crippen LogP contribution in [0.3, 0.4) is 0 Å². The molecule has 4 aliphatic rings. The van der Waals surface area contributed by atoms with Gasteiger partial charge in [-0.2, -0.15) is 0 Å². The molecule has 0 unspecified atom stereocenters. The third-order valence-corrected chi connectivity index (χ3v) is 8.36. The predicted octanol–water partition coefficient (Wildman–Crippen LogP) is 4.03. The number of hydrogen-bond acceptors (Lipinski definition) is 6. The molecule has 3 fully saturated rings. The highest BCUT2D eigenvalue weighted by Crippen LogP contribution is 2.62. The molecule has 0 aromatic heterocycles. The SMILES string of the molecule is COc1ccc(C2=NO[C@H]3[C@@H]4C[C@@H]([C@@H]23)[C@H]2C(=O)N(c3ccc5ccccc5c3)C(=O)[C@H]42)cc1OC. The molecule has 7 heteroatoms. The minimum atomic E-state index is -0.347. The van der Waals surface area contributed by atoms with Crippen molar-refractivity contribution in [2.45, 2.75) is 12.5 Å². The molecule has 0 spiro atoms. The van der Waals surface area contributed by atoms with Gasteiger partial charge >= 0.3 is 0 Å². The summed E-state index contributed by atoms with van der Waals surface area (Å²) in [5.41, 5.74) is 2.36. The van der Waals surface area contributed by atoms with Crippen LogP contribution in [0.4, 0.5) is 5.69 Å². The van der Waals surface area contributed by atoms with Crippen molar-refractivity contribution < 1.29 is 23.9 Å². The van der Waals surface area contributed by atoms with Crippen molar-refractivity contribution in [1.29, 1.82) is 0 Å². The second kappa shape index (κ2) is 7.31. The number of imide groups is 1. The monoisotopic (exact) mass is 468 g/mol. The fourth-order valence-electron chi connectivity index (χ4n) is 6.93. The molecule has 0 radical (unpaired) electrons. The van der Waals surface area contributed by atoms with Crippen molar-refractivity contribution in [2.75, 3.05) is 19.1 Å². The minimum Gasteiger partial charge on any atom is -0.493 e. The van der Waals surface area contributed by atoms with E-state index in [1.54, 1.807) is 14.2 Å². The standard InChI is InChI=1S/C28H24N2O5/c1-33-20-10-8-16(12-21(20)34-2)25-24-18-13-19(26(24)35-29-25)23-22(18)27(31)30(28(23)32)17-9-7-14-5-3-4-6-15(14)11-17/h3-12,18-19,22-24,26H,13H2,1-2H3/t18-,19-,22-,23-,24+,26+/m1/s1. The number of rotatable bonds is 4. The molecule has 7 rings (SSSR count). The zero-order chi connectivity index (χ0) is 23.8. The quantitative estimate of drug-likeness (QED) is 0.541. The van der Waals surface area contributed by atoms with Crippen molar-refractivity contribution in [3.63, 3.8) is 0 Å². The normalized spacial score (nSPS) is 30.3. The second-order valence-electron chi connectivity index (χ2n) is 9.80. The van der Waals surface area contributed by atoms with Crippen LogP contribution in [0, 0.1) is 29.6 Å². The van der Waals surface area contributed by atoms with Crippen molar-refractivity contribution in [2.24, 2.45) is 34.7 Å². The molecule has 35 heavy (non-hydrogen) atoms.